The summed E-state index contributed by atoms with van der Waals surface area (Å²) in [5, 5.41) is 0. The van der Waals surface area contributed by atoms with Gasteiger partial charge >= 0.3 is 0 Å². The predicted molar refractivity (Wildman–Crippen MR) is 93.6 cm³/mol. The third-order valence-electron chi connectivity index (χ3n) is 5.26. The average molecular weight is 300 g/mol. The Labute approximate surface area is 134 Å². The number of rotatable bonds is 4. The van der Waals surface area contributed by atoms with Gasteiger partial charge in [0.25, 0.3) is 0 Å². The number of fused-ring (bicyclic) bond motifs is 1. The number of ether oxygens (including phenoxy) is 1. The minimum Gasteiger partial charge on any atom is -0.381 e. The van der Waals surface area contributed by atoms with Gasteiger partial charge in [-0.1, -0.05) is 6.07 Å². The molecule has 2 aliphatic heterocycles. The zero-order chi connectivity index (χ0) is 15.4. The van der Waals surface area contributed by atoms with E-state index in [2.05, 4.69) is 43.3 Å². The highest BCUT2D eigenvalue weighted by molar-refractivity contribution is 5.71. The molecule has 120 valence electrons. The summed E-state index contributed by atoms with van der Waals surface area (Å²) in [6, 6.07) is 7.15. The Balaban J connectivity index is 1.61. The molecule has 0 amide bonds. The lowest BCUT2D eigenvalue weighted by atomic mass is 9.95. The van der Waals surface area contributed by atoms with Crippen molar-refractivity contribution in [1.29, 1.82) is 0 Å². The summed E-state index contributed by atoms with van der Waals surface area (Å²) in [5.74, 6) is 0.830. The van der Waals surface area contributed by atoms with Crippen molar-refractivity contribution in [2.24, 2.45) is 10.9 Å². The molecule has 0 spiro atoms. The SMILES string of the molecule is CC1CCc2c(N=CCCC3CCOCC3)cccc2N1C. The van der Waals surface area contributed by atoms with Gasteiger partial charge in [-0.25, -0.2) is 0 Å². The smallest absolute Gasteiger partial charge is 0.0678 e. The van der Waals surface area contributed by atoms with Gasteiger partial charge in [0.05, 0.1) is 5.69 Å². The first-order chi connectivity index (χ1) is 10.8. The fourth-order valence-corrected chi connectivity index (χ4v) is 3.56. The Morgan fingerprint density at radius 3 is 2.91 bits per heavy atom. The predicted octanol–water partition coefficient (Wildman–Crippen LogP) is 4.37. The molecule has 2 heterocycles. The molecule has 2 aliphatic rings. The van der Waals surface area contributed by atoms with Gasteiger partial charge in [-0.3, -0.25) is 4.99 Å². The lowest BCUT2D eigenvalue weighted by molar-refractivity contribution is 0.0646. The van der Waals surface area contributed by atoms with Gasteiger partial charge in [0, 0.05) is 43.8 Å². The largest absolute Gasteiger partial charge is 0.381 e. The third kappa shape index (κ3) is 3.52. The van der Waals surface area contributed by atoms with Crippen molar-refractivity contribution in [3.05, 3.63) is 23.8 Å². The van der Waals surface area contributed by atoms with Crippen LogP contribution in [0.25, 0.3) is 0 Å². The summed E-state index contributed by atoms with van der Waals surface area (Å²) in [4.78, 5) is 7.17. The quantitative estimate of drug-likeness (QED) is 0.771. The Bertz CT molecular complexity index is 520. The molecule has 1 aromatic rings. The molecule has 0 aromatic heterocycles. The zero-order valence-electron chi connectivity index (χ0n) is 13.9. The second-order valence-electron chi connectivity index (χ2n) is 6.72. The number of anilines is 1. The second kappa shape index (κ2) is 7.28. The topological polar surface area (TPSA) is 24.8 Å². The van der Waals surface area contributed by atoms with Crippen molar-refractivity contribution in [3.63, 3.8) is 0 Å². The van der Waals surface area contributed by atoms with Gasteiger partial charge < -0.3 is 9.64 Å². The summed E-state index contributed by atoms with van der Waals surface area (Å²) in [5.41, 5.74) is 3.95. The van der Waals surface area contributed by atoms with E-state index < -0.39 is 0 Å². The summed E-state index contributed by atoms with van der Waals surface area (Å²) in [7, 11) is 2.20. The molecule has 1 saturated heterocycles. The first kappa shape index (κ1) is 15.5. The summed E-state index contributed by atoms with van der Waals surface area (Å²) in [6.45, 7) is 4.18. The van der Waals surface area contributed by atoms with E-state index in [4.69, 9.17) is 9.73 Å². The lowest BCUT2D eigenvalue weighted by Gasteiger charge is -2.34. The fraction of sp³-hybridized carbons (Fsp3) is 0.632. The summed E-state index contributed by atoms with van der Waals surface area (Å²) >= 11 is 0. The van der Waals surface area contributed by atoms with Crippen LogP contribution < -0.4 is 4.90 Å². The van der Waals surface area contributed by atoms with Crippen molar-refractivity contribution < 1.29 is 4.74 Å². The number of aliphatic imine (C=N–C) groups is 1. The van der Waals surface area contributed by atoms with Crippen molar-refractivity contribution in [3.8, 4) is 0 Å². The highest BCUT2D eigenvalue weighted by Gasteiger charge is 2.21. The molecule has 0 bridgehead atoms. The van der Waals surface area contributed by atoms with Crippen molar-refractivity contribution in [2.45, 2.75) is 51.5 Å². The molecule has 0 aliphatic carbocycles. The van der Waals surface area contributed by atoms with Gasteiger partial charge in [0.15, 0.2) is 0 Å². The molecule has 1 fully saturated rings. The maximum Gasteiger partial charge on any atom is 0.0678 e. The first-order valence-electron chi connectivity index (χ1n) is 8.70. The van der Waals surface area contributed by atoms with E-state index in [1.807, 2.05) is 0 Å². The van der Waals surface area contributed by atoms with Gasteiger partial charge in [0.1, 0.15) is 0 Å². The minimum absolute atomic E-state index is 0.625. The van der Waals surface area contributed by atoms with Crippen LogP contribution in [0.4, 0.5) is 11.4 Å². The van der Waals surface area contributed by atoms with E-state index in [1.54, 1.807) is 0 Å². The van der Waals surface area contributed by atoms with Crippen molar-refractivity contribution in [2.75, 3.05) is 25.2 Å². The Morgan fingerprint density at radius 2 is 2.09 bits per heavy atom. The number of hydrogen-bond acceptors (Lipinski definition) is 3. The fourth-order valence-electron chi connectivity index (χ4n) is 3.56. The molecule has 1 unspecified atom stereocenters. The Hall–Kier alpha value is -1.35. The number of benzene rings is 1. The van der Waals surface area contributed by atoms with Crippen LogP contribution in [0.3, 0.4) is 0 Å². The molecular weight excluding hydrogens is 272 g/mol. The summed E-state index contributed by atoms with van der Waals surface area (Å²) < 4.78 is 5.42. The van der Waals surface area contributed by atoms with E-state index in [-0.39, 0.29) is 0 Å². The molecule has 0 saturated carbocycles. The maximum atomic E-state index is 5.42. The standard InChI is InChI=1S/C19H28N2O/c1-15-8-9-17-18(6-3-7-19(17)21(15)2)20-12-4-5-16-10-13-22-14-11-16/h3,6-7,12,15-16H,4-5,8-11,13-14H2,1-2H3. The van der Waals surface area contributed by atoms with E-state index in [0.717, 1.165) is 32.0 Å². The molecule has 1 aromatic carbocycles. The number of hydrogen-bond donors (Lipinski definition) is 0. The van der Waals surface area contributed by atoms with Crippen LogP contribution in [0.2, 0.25) is 0 Å². The van der Waals surface area contributed by atoms with Gasteiger partial charge in [-0.2, -0.15) is 0 Å². The first-order valence-corrected chi connectivity index (χ1v) is 8.70. The van der Waals surface area contributed by atoms with E-state index in [0.29, 0.717) is 6.04 Å². The lowest BCUT2D eigenvalue weighted by Crippen LogP contribution is -2.33. The zero-order valence-corrected chi connectivity index (χ0v) is 13.9. The molecule has 3 rings (SSSR count). The molecule has 3 nitrogen and oxygen atoms in total. The van der Waals surface area contributed by atoms with E-state index >= 15 is 0 Å². The number of nitrogens with zero attached hydrogens (tertiary/aromatic N) is 2. The molecule has 22 heavy (non-hydrogen) atoms. The molecule has 0 radical (unpaired) electrons. The van der Waals surface area contributed by atoms with Crippen molar-refractivity contribution >= 4 is 17.6 Å². The highest BCUT2D eigenvalue weighted by atomic mass is 16.5. The minimum atomic E-state index is 0.625. The normalized spacial score (nSPS) is 23.0. The third-order valence-corrected chi connectivity index (χ3v) is 5.26. The van der Waals surface area contributed by atoms with Crippen LogP contribution in [-0.4, -0.2) is 32.5 Å². The van der Waals surface area contributed by atoms with Gasteiger partial charge in [-0.05, 0) is 63.5 Å². The van der Waals surface area contributed by atoms with Crippen LogP contribution >= 0.6 is 0 Å². The monoisotopic (exact) mass is 300 g/mol. The van der Waals surface area contributed by atoms with Crippen molar-refractivity contribution in [1.82, 2.24) is 0 Å². The van der Waals surface area contributed by atoms with Crippen LogP contribution in [0.1, 0.15) is 44.6 Å². The van der Waals surface area contributed by atoms with Gasteiger partial charge in [0.2, 0.25) is 0 Å². The van der Waals surface area contributed by atoms with Crippen LogP contribution in [0.5, 0.6) is 0 Å². The average Bonchev–Trinajstić information content (AvgIpc) is 2.56. The highest BCUT2D eigenvalue weighted by Crippen LogP contribution is 2.35. The molecule has 1 atom stereocenters. The molecule has 0 N–H and O–H groups in total. The summed E-state index contributed by atoms with van der Waals surface area (Å²) in [6.07, 6.45) is 9.27. The van der Waals surface area contributed by atoms with Crippen LogP contribution in [0.15, 0.2) is 23.2 Å². The van der Waals surface area contributed by atoms with E-state index in [9.17, 15) is 0 Å². The van der Waals surface area contributed by atoms with Gasteiger partial charge in [-0.15, -0.1) is 0 Å². The van der Waals surface area contributed by atoms with Crippen LogP contribution in [0, 0.1) is 5.92 Å². The maximum absolute atomic E-state index is 5.42. The molecule has 3 heteroatoms. The molecular formula is C19H28N2O. The Morgan fingerprint density at radius 1 is 1.27 bits per heavy atom. The van der Waals surface area contributed by atoms with E-state index in [1.165, 1.54) is 42.6 Å². The second-order valence-corrected chi connectivity index (χ2v) is 6.72. The Kier molecular flexibility index (Phi) is 5.14. The van der Waals surface area contributed by atoms with Crippen LogP contribution in [-0.2, 0) is 11.2 Å².